The van der Waals surface area contributed by atoms with Gasteiger partial charge >= 0.3 is 0 Å². The molecule has 0 heterocycles. The average molecular weight is 321 g/mol. The Labute approximate surface area is 143 Å². The van der Waals surface area contributed by atoms with Gasteiger partial charge in [0.1, 0.15) is 0 Å². The molecular weight excluding hydrogens is 298 g/mol. The number of rotatable bonds is 6. The summed E-state index contributed by atoms with van der Waals surface area (Å²) in [6, 6.07) is 15.8. The van der Waals surface area contributed by atoms with Crippen LogP contribution in [0.3, 0.4) is 0 Å². The van der Waals surface area contributed by atoms with E-state index < -0.39 is 0 Å². The summed E-state index contributed by atoms with van der Waals surface area (Å²) < 4.78 is 0. The van der Waals surface area contributed by atoms with Crippen molar-refractivity contribution in [3.63, 3.8) is 0 Å². The van der Waals surface area contributed by atoms with E-state index in [4.69, 9.17) is 0 Å². The van der Waals surface area contributed by atoms with E-state index in [-0.39, 0.29) is 30.6 Å². The van der Waals surface area contributed by atoms with Crippen LogP contribution < -0.4 is 5.32 Å². The third kappa shape index (κ3) is 3.91. The van der Waals surface area contributed by atoms with Crippen LogP contribution in [0.25, 0.3) is 0 Å². The molecule has 1 N–H and O–H groups in total. The van der Waals surface area contributed by atoms with E-state index >= 15 is 0 Å². The largest absolute Gasteiger partial charge is 0.350 e. The maximum Gasteiger partial charge on any atom is 0.220 e. The number of nitrogens with one attached hydrogen (secondary N) is 1. The van der Waals surface area contributed by atoms with Gasteiger partial charge in [0.05, 0.1) is 6.04 Å². The minimum atomic E-state index is -0.0825. The molecule has 1 aliphatic rings. The van der Waals surface area contributed by atoms with Crippen molar-refractivity contribution in [2.24, 2.45) is 0 Å². The van der Waals surface area contributed by atoms with E-state index in [2.05, 4.69) is 11.4 Å². The van der Waals surface area contributed by atoms with Crippen molar-refractivity contribution in [3.8, 4) is 0 Å². The fourth-order valence-corrected chi connectivity index (χ4v) is 3.26. The standard InChI is InChI=1S/C21H23NO2/c1-15(16-6-3-2-4-7-16)22-21(24)13-12-20(23)19-11-10-17-8-5-9-18(17)14-19/h2-4,6-7,10-11,14-15H,5,8-9,12-13H2,1H3,(H,22,24). The van der Waals surface area contributed by atoms with E-state index in [0.717, 1.165) is 24.0 Å². The van der Waals surface area contributed by atoms with Crippen molar-refractivity contribution in [1.29, 1.82) is 0 Å². The first kappa shape index (κ1) is 16.4. The average Bonchev–Trinajstić information content (AvgIpc) is 3.08. The number of hydrogen-bond donors (Lipinski definition) is 1. The smallest absolute Gasteiger partial charge is 0.220 e. The molecule has 0 saturated carbocycles. The van der Waals surface area contributed by atoms with Crippen molar-refractivity contribution in [3.05, 3.63) is 70.8 Å². The van der Waals surface area contributed by atoms with Gasteiger partial charge < -0.3 is 5.32 Å². The zero-order chi connectivity index (χ0) is 16.9. The van der Waals surface area contributed by atoms with Crippen molar-refractivity contribution >= 4 is 11.7 Å². The summed E-state index contributed by atoms with van der Waals surface area (Å²) in [5.41, 5.74) is 4.46. The second kappa shape index (κ2) is 7.43. The van der Waals surface area contributed by atoms with E-state index in [9.17, 15) is 9.59 Å². The van der Waals surface area contributed by atoms with Crippen molar-refractivity contribution in [2.45, 2.75) is 45.1 Å². The number of hydrogen-bond acceptors (Lipinski definition) is 2. The molecule has 0 saturated heterocycles. The third-order valence-corrected chi connectivity index (χ3v) is 4.68. The first-order valence-corrected chi connectivity index (χ1v) is 8.63. The van der Waals surface area contributed by atoms with Gasteiger partial charge in [-0.3, -0.25) is 9.59 Å². The Hall–Kier alpha value is -2.42. The lowest BCUT2D eigenvalue weighted by atomic mass is 10.0. The van der Waals surface area contributed by atoms with Crippen molar-refractivity contribution < 1.29 is 9.59 Å². The van der Waals surface area contributed by atoms with E-state index in [1.54, 1.807) is 0 Å². The van der Waals surface area contributed by atoms with Crippen LogP contribution in [0.1, 0.15) is 59.3 Å². The Morgan fingerprint density at radius 2 is 1.75 bits per heavy atom. The van der Waals surface area contributed by atoms with E-state index in [1.165, 1.54) is 17.5 Å². The fourth-order valence-electron chi connectivity index (χ4n) is 3.26. The summed E-state index contributed by atoms with van der Waals surface area (Å²) in [5, 5.41) is 2.95. The molecule has 0 spiro atoms. The molecule has 124 valence electrons. The van der Waals surface area contributed by atoms with Gasteiger partial charge in [-0.05, 0) is 48.9 Å². The molecule has 0 fully saturated rings. The lowest BCUT2D eigenvalue weighted by Crippen LogP contribution is -2.26. The molecule has 3 heteroatoms. The van der Waals surface area contributed by atoms with Crippen LogP contribution in [0.4, 0.5) is 0 Å². The third-order valence-electron chi connectivity index (χ3n) is 4.68. The Kier molecular flexibility index (Phi) is 5.09. The highest BCUT2D eigenvalue weighted by Gasteiger charge is 2.15. The summed E-state index contributed by atoms with van der Waals surface area (Å²) >= 11 is 0. The zero-order valence-electron chi connectivity index (χ0n) is 14.0. The van der Waals surface area contributed by atoms with Gasteiger partial charge in [0.15, 0.2) is 5.78 Å². The molecule has 3 rings (SSSR count). The first-order valence-electron chi connectivity index (χ1n) is 8.63. The molecule has 0 aromatic heterocycles. The van der Waals surface area contributed by atoms with Crippen molar-refractivity contribution in [2.75, 3.05) is 0 Å². The van der Waals surface area contributed by atoms with Gasteiger partial charge in [-0.15, -0.1) is 0 Å². The van der Waals surface area contributed by atoms with Gasteiger partial charge in [-0.2, -0.15) is 0 Å². The maximum absolute atomic E-state index is 12.3. The van der Waals surface area contributed by atoms with Crippen LogP contribution in [-0.2, 0) is 17.6 Å². The number of carbonyl (C=O) groups excluding carboxylic acids is 2. The Morgan fingerprint density at radius 1 is 1.00 bits per heavy atom. The minimum Gasteiger partial charge on any atom is -0.350 e. The molecule has 24 heavy (non-hydrogen) atoms. The number of carbonyl (C=O) groups is 2. The number of benzene rings is 2. The maximum atomic E-state index is 12.3. The van der Waals surface area contributed by atoms with Crippen LogP contribution in [0.2, 0.25) is 0 Å². The Bertz CT molecular complexity index is 737. The van der Waals surface area contributed by atoms with Crippen molar-refractivity contribution in [1.82, 2.24) is 5.32 Å². The molecule has 1 unspecified atom stereocenters. The summed E-state index contributed by atoms with van der Waals surface area (Å²) in [6.45, 7) is 1.95. The molecule has 0 aliphatic heterocycles. The number of ketones is 1. The van der Waals surface area contributed by atoms with Gasteiger partial charge in [-0.25, -0.2) is 0 Å². The summed E-state index contributed by atoms with van der Waals surface area (Å²) in [4.78, 5) is 24.4. The minimum absolute atomic E-state index is 0.0474. The zero-order valence-corrected chi connectivity index (χ0v) is 14.0. The highest BCUT2D eigenvalue weighted by atomic mass is 16.2. The molecule has 1 amide bonds. The fraction of sp³-hybridized carbons (Fsp3) is 0.333. The quantitative estimate of drug-likeness (QED) is 0.817. The Balaban J connectivity index is 1.51. The van der Waals surface area contributed by atoms with Crippen LogP contribution in [0, 0.1) is 0 Å². The van der Waals surface area contributed by atoms with Gasteiger partial charge in [0.2, 0.25) is 5.91 Å². The summed E-state index contributed by atoms with van der Waals surface area (Å²) in [7, 11) is 0. The highest BCUT2D eigenvalue weighted by molar-refractivity contribution is 5.98. The van der Waals surface area contributed by atoms with Crippen LogP contribution in [-0.4, -0.2) is 11.7 Å². The second-order valence-electron chi connectivity index (χ2n) is 6.46. The molecule has 3 nitrogen and oxygen atoms in total. The number of amides is 1. The predicted molar refractivity (Wildman–Crippen MR) is 95.0 cm³/mol. The van der Waals surface area contributed by atoms with E-state index in [1.807, 2.05) is 49.4 Å². The number of Topliss-reactive ketones (excluding diaryl/α,β-unsaturated/α-hetero) is 1. The summed E-state index contributed by atoms with van der Waals surface area (Å²) in [5.74, 6) is -0.0342. The van der Waals surface area contributed by atoms with Gasteiger partial charge in [0, 0.05) is 18.4 Å². The lowest BCUT2D eigenvalue weighted by Gasteiger charge is -2.14. The van der Waals surface area contributed by atoms with E-state index in [0.29, 0.717) is 0 Å². The SMILES string of the molecule is CC(NC(=O)CCC(=O)c1ccc2c(c1)CCC2)c1ccccc1. The Morgan fingerprint density at radius 3 is 2.54 bits per heavy atom. The van der Waals surface area contributed by atoms with Crippen LogP contribution >= 0.6 is 0 Å². The first-order chi connectivity index (χ1) is 11.6. The molecule has 2 aromatic carbocycles. The van der Waals surface area contributed by atoms with Crippen LogP contribution in [0.5, 0.6) is 0 Å². The lowest BCUT2D eigenvalue weighted by molar-refractivity contribution is -0.121. The van der Waals surface area contributed by atoms with Gasteiger partial charge in [0.25, 0.3) is 0 Å². The number of fused-ring (bicyclic) bond motifs is 1. The molecule has 0 bridgehead atoms. The normalized spacial score (nSPS) is 14.0. The summed E-state index contributed by atoms with van der Waals surface area (Å²) in [6.07, 6.45) is 3.83. The second-order valence-corrected chi connectivity index (χ2v) is 6.46. The molecule has 0 radical (unpaired) electrons. The molecule has 1 aliphatic carbocycles. The van der Waals surface area contributed by atoms with Crippen LogP contribution in [0.15, 0.2) is 48.5 Å². The molecule has 1 atom stereocenters. The topological polar surface area (TPSA) is 46.2 Å². The molecule has 2 aromatic rings. The van der Waals surface area contributed by atoms with Gasteiger partial charge in [-0.1, -0.05) is 42.5 Å². The monoisotopic (exact) mass is 321 g/mol. The predicted octanol–water partition coefficient (Wildman–Crippen LogP) is 4.02. The number of aryl methyl sites for hydroxylation is 2. The highest BCUT2D eigenvalue weighted by Crippen LogP contribution is 2.23. The molecular formula is C21H23NO2.